The fourth-order valence-electron chi connectivity index (χ4n) is 4.32. The number of amides is 1. The Balaban J connectivity index is 1.67. The minimum absolute atomic E-state index is 0.0516. The number of carboxylic acid groups (broad SMARTS) is 1. The first-order chi connectivity index (χ1) is 12.1. The molecule has 2 fully saturated rings. The molecule has 0 spiro atoms. The summed E-state index contributed by atoms with van der Waals surface area (Å²) in [6, 6.07) is 8.39. The van der Waals surface area contributed by atoms with Gasteiger partial charge in [0.25, 0.3) is 5.91 Å². The van der Waals surface area contributed by atoms with Gasteiger partial charge in [0.1, 0.15) is 6.04 Å². The van der Waals surface area contributed by atoms with Crippen LogP contribution in [0.5, 0.6) is 0 Å². The van der Waals surface area contributed by atoms with Crippen LogP contribution in [-0.2, 0) is 4.79 Å². The molecule has 2 aromatic rings. The lowest BCUT2D eigenvalue weighted by Crippen LogP contribution is -2.46. The molecule has 1 amide bonds. The topological polar surface area (TPSA) is 75.4 Å². The SMILES string of the molecule is O=C(O)C1CC2CCCCC2N1C(=O)c1cccc(-n2cccn2)c1. The number of hydrogen-bond donors (Lipinski definition) is 1. The summed E-state index contributed by atoms with van der Waals surface area (Å²) in [6.07, 6.45) is 8.18. The van der Waals surface area contributed by atoms with Gasteiger partial charge in [-0.25, -0.2) is 9.48 Å². The Labute approximate surface area is 146 Å². The molecule has 4 rings (SSSR count). The number of fused-ring (bicyclic) bond motifs is 1. The number of carbonyl (C=O) groups is 2. The van der Waals surface area contributed by atoms with E-state index in [1.54, 1.807) is 27.9 Å². The zero-order valence-electron chi connectivity index (χ0n) is 13.9. The van der Waals surface area contributed by atoms with E-state index in [4.69, 9.17) is 0 Å². The van der Waals surface area contributed by atoms with E-state index >= 15 is 0 Å². The third-order valence-electron chi connectivity index (χ3n) is 5.47. The molecule has 0 bridgehead atoms. The number of rotatable bonds is 3. The van der Waals surface area contributed by atoms with Crippen LogP contribution in [0.1, 0.15) is 42.5 Å². The van der Waals surface area contributed by atoms with Gasteiger partial charge in [-0.15, -0.1) is 0 Å². The number of carboxylic acids is 1. The molecule has 1 aromatic carbocycles. The van der Waals surface area contributed by atoms with Gasteiger partial charge in [-0.05, 0) is 49.4 Å². The summed E-state index contributed by atoms with van der Waals surface area (Å²) in [6.45, 7) is 0. The number of benzene rings is 1. The molecule has 1 saturated heterocycles. The highest BCUT2D eigenvalue weighted by Crippen LogP contribution is 2.40. The van der Waals surface area contributed by atoms with Crippen molar-refractivity contribution in [3.8, 4) is 5.69 Å². The first-order valence-corrected chi connectivity index (χ1v) is 8.80. The minimum Gasteiger partial charge on any atom is -0.480 e. The van der Waals surface area contributed by atoms with Crippen LogP contribution >= 0.6 is 0 Å². The zero-order valence-corrected chi connectivity index (χ0v) is 13.9. The average Bonchev–Trinajstić information content (AvgIpc) is 3.29. The number of carbonyl (C=O) groups excluding carboxylic acids is 1. The molecular formula is C19H21N3O3. The second-order valence-corrected chi connectivity index (χ2v) is 6.92. The van der Waals surface area contributed by atoms with Crippen LogP contribution in [0.15, 0.2) is 42.7 Å². The van der Waals surface area contributed by atoms with E-state index in [1.165, 1.54) is 0 Å². The van der Waals surface area contributed by atoms with Gasteiger partial charge in [-0.2, -0.15) is 5.10 Å². The zero-order chi connectivity index (χ0) is 17.4. The fraction of sp³-hybridized carbons (Fsp3) is 0.421. The van der Waals surface area contributed by atoms with Gasteiger partial charge in [0.05, 0.1) is 5.69 Å². The van der Waals surface area contributed by atoms with Crippen molar-refractivity contribution in [1.29, 1.82) is 0 Å². The van der Waals surface area contributed by atoms with Gasteiger partial charge < -0.3 is 10.0 Å². The second-order valence-electron chi connectivity index (χ2n) is 6.92. The number of aromatic nitrogens is 2. The van der Waals surface area contributed by atoms with E-state index in [0.29, 0.717) is 17.9 Å². The normalized spacial score (nSPS) is 25.6. The summed E-state index contributed by atoms with van der Waals surface area (Å²) in [5.74, 6) is -0.769. The molecule has 1 aromatic heterocycles. The molecule has 6 heteroatoms. The van der Waals surface area contributed by atoms with E-state index in [0.717, 1.165) is 31.4 Å². The average molecular weight is 339 g/mol. The van der Waals surface area contributed by atoms with Crippen molar-refractivity contribution in [2.24, 2.45) is 5.92 Å². The largest absolute Gasteiger partial charge is 0.480 e. The molecule has 1 aliphatic carbocycles. The molecular weight excluding hydrogens is 318 g/mol. The summed E-state index contributed by atoms with van der Waals surface area (Å²) in [7, 11) is 0. The molecule has 1 aliphatic heterocycles. The van der Waals surface area contributed by atoms with Crippen LogP contribution in [0, 0.1) is 5.92 Å². The lowest BCUT2D eigenvalue weighted by atomic mass is 9.84. The molecule has 1 N–H and O–H groups in total. The summed E-state index contributed by atoms with van der Waals surface area (Å²) in [4.78, 5) is 26.5. The number of hydrogen-bond acceptors (Lipinski definition) is 3. The van der Waals surface area contributed by atoms with E-state index < -0.39 is 12.0 Å². The fourth-order valence-corrected chi connectivity index (χ4v) is 4.32. The molecule has 3 unspecified atom stereocenters. The highest BCUT2D eigenvalue weighted by atomic mass is 16.4. The Morgan fingerprint density at radius 3 is 2.76 bits per heavy atom. The van der Waals surface area contributed by atoms with E-state index in [1.807, 2.05) is 24.4 Å². The van der Waals surface area contributed by atoms with E-state index in [-0.39, 0.29) is 11.9 Å². The first-order valence-electron chi connectivity index (χ1n) is 8.80. The van der Waals surface area contributed by atoms with Gasteiger partial charge in [0.15, 0.2) is 0 Å². The summed E-state index contributed by atoms with van der Waals surface area (Å²) in [5.41, 5.74) is 1.31. The smallest absolute Gasteiger partial charge is 0.326 e. The van der Waals surface area contributed by atoms with Crippen molar-refractivity contribution in [3.63, 3.8) is 0 Å². The van der Waals surface area contributed by atoms with Crippen molar-refractivity contribution in [3.05, 3.63) is 48.3 Å². The highest BCUT2D eigenvalue weighted by molar-refractivity contribution is 5.97. The quantitative estimate of drug-likeness (QED) is 0.933. The minimum atomic E-state index is -0.897. The Hall–Kier alpha value is -2.63. The van der Waals surface area contributed by atoms with Crippen LogP contribution < -0.4 is 0 Å². The number of likely N-dealkylation sites (tertiary alicyclic amines) is 1. The highest BCUT2D eigenvalue weighted by Gasteiger charge is 2.47. The second kappa shape index (κ2) is 6.35. The number of aliphatic carboxylic acids is 1. The van der Waals surface area contributed by atoms with Crippen molar-refractivity contribution in [2.45, 2.75) is 44.2 Å². The Kier molecular flexibility index (Phi) is 4.03. The Bertz CT molecular complexity index is 787. The number of nitrogens with zero attached hydrogens (tertiary/aromatic N) is 3. The van der Waals surface area contributed by atoms with Crippen LogP contribution in [0.2, 0.25) is 0 Å². The molecule has 3 atom stereocenters. The maximum Gasteiger partial charge on any atom is 0.326 e. The van der Waals surface area contributed by atoms with Crippen molar-refractivity contribution in [1.82, 2.24) is 14.7 Å². The summed E-state index contributed by atoms with van der Waals surface area (Å²) >= 11 is 0. The predicted octanol–water partition coefficient (Wildman–Crippen LogP) is 2.73. The van der Waals surface area contributed by atoms with Gasteiger partial charge in [-0.1, -0.05) is 18.9 Å². The Morgan fingerprint density at radius 1 is 1.16 bits per heavy atom. The van der Waals surface area contributed by atoms with Crippen LogP contribution in [0.4, 0.5) is 0 Å². The van der Waals surface area contributed by atoms with E-state index in [9.17, 15) is 14.7 Å². The molecule has 130 valence electrons. The van der Waals surface area contributed by atoms with Gasteiger partial charge in [0.2, 0.25) is 0 Å². The molecule has 2 aliphatic rings. The van der Waals surface area contributed by atoms with Crippen molar-refractivity contribution >= 4 is 11.9 Å². The molecule has 25 heavy (non-hydrogen) atoms. The van der Waals surface area contributed by atoms with Crippen LogP contribution in [0.3, 0.4) is 0 Å². The molecule has 2 heterocycles. The van der Waals surface area contributed by atoms with Crippen LogP contribution in [-0.4, -0.2) is 43.7 Å². The maximum atomic E-state index is 13.2. The van der Waals surface area contributed by atoms with Gasteiger partial charge in [0, 0.05) is 24.0 Å². The maximum absolute atomic E-state index is 13.2. The third kappa shape index (κ3) is 2.81. The first kappa shape index (κ1) is 15.9. The van der Waals surface area contributed by atoms with Crippen LogP contribution in [0.25, 0.3) is 5.69 Å². The van der Waals surface area contributed by atoms with Gasteiger partial charge in [-0.3, -0.25) is 4.79 Å². The summed E-state index contributed by atoms with van der Waals surface area (Å²) < 4.78 is 1.69. The summed E-state index contributed by atoms with van der Waals surface area (Å²) in [5, 5.41) is 13.8. The molecule has 6 nitrogen and oxygen atoms in total. The van der Waals surface area contributed by atoms with Crippen molar-refractivity contribution < 1.29 is 14.7 Å². The third-order valence-corrected chi connectivity index (χ3v) is 5.47. The van der Waals surface area contributed by atoms with E-state index in [2.05, 4.69) is 5.10 Å². The standard InChI is InChI=1S/C19H21N3O3/c23-18(14-6-3-7-15(11-14)21-10-4-9-20-21)22-16-8-2-1-5-13(16)12-17(22)19(24)25/h3-4,6-7,9-11,13,16-17H,1-2,5,8,12H2,(H,24,25). The van der Waals surface area contributed by atoms with Crippen molar-refractivity contribution in [2.75, 3.05) is 0 Å². The predicted molar refractivity (Wildman–Crippen MR) is 91.5 cm³/mol. The van der Waals surface area contributed by atoms with Gasteiger partial charge >= 0.3 is 5.97 Å². The lowest BCUT2D eigenvalue weighted by molar-refractivity contribution is -0.141. The Morgan fingerprint density at radius 2 is 2.00 bits per heavy atom. The lowest BCUT2D eigenvalue weighted by Gasteiger charge is -2.33. The monoisotopic (exact) mass is 339 g/mol. The molecule has 1 saturated carbocycles. The molecule has 0 radical (unpaired) electrons.